The van der Waals surface area contributed by atoms with Crippen LogP contribution >= 0.6 is 0 Å². The topological polar surface area (TPSA) is 90.2 Å². The van der Waals surface area contributed by atoms with Crippen LogP contribution in [0.4, 0.5) is 0 Å². The Morgan fingerprint density at radius 2 is 1.94 bits per heavy atom. The quantitative estimate of drug-likeness (QED) is 0.624. The molecule has 1 aromatic carbocycles. The van der Waals surface area contributed by atoms with Crippen LogP contribution in [0.3, 0.4) is 0 Å². The number of amides is 1. The predicted octanol–water partition coefficient (Wildman–Crippen LogP) is 4.60. The summed E-state index contributed by atoms with van der Waals surface area (Å²) >= 11 is 0. The summed E-state index contributed by atoms with van der Waals surface area (Å²) in [6.45, 7) is 5.50. The van der Waals surface area contributed by atoms with E-state index in [0.717, 1.165) is 36.3 Å². The Hall–Kier alpha value is -2.35. The smallest absolute Gasteiger partial charge is 0.220 e. The van der Waals surface area contributed by atoms with Crippen molar-refractivity contribution in [3.8, 4) is 5.75 Å². The van der Waals surface area contributed by atoms with Crippen molar-refractivity contribution in [2.75, 3.05) is 13.7 Å². The lowest BCUT2D eigenvalue weighted by atomic mass is 9.46. The largest absolute Gasteiger partial charge is 0.497 e. The zero-order valence-electron chi connectivity index (χ0n) is 20.9. The molecule has 7 nitrogen and oxygen atoms in total. The number of ether oxygens (including phenoxy) is 3. The number of carbonyl (C=O) groups excluding carboxylic acids is 1. The van der Waals surface area contributed by atoms with Gasteiger partial charge in [0.25, 0.3) is 0 Å². The molecular formula is C28H37NO6. The second-order valence-corrected chi connectivity index (χ2v) is 11.0. The highest BCUT2D eigenvalue weighted by Crippen LogP contribution is 2.63. The van der Waals surface area contributed by atoms with Gasteiger partial charge in [-0.15, -0.1) is 0 Å². The van der Waals surface area contributed by atoms with Crippen LogP contribution in [0.15, 0.2) is 47.1 Å². The molecule has 2 aliphatic carbocycles. The summed E-state index contributed by atoms with van der Waals surface area (Å²) in [5.74, 6) is 1.69. The predicted molar refractivity (Wildman–Crippen MR) is 129 cm³/mol. The van der Waals surface area contributed by atoms with E-state index in [9.17, 15) is 9.90 Å². The van der Waals surface area contributed by atoms with Gasteiger partial charge in [-0.05, 0) is 67.2 Å². The lowest BCUT2D eigenvalue weighted by Gasteiger charge is -2.63. The highest BCUT2D eigenvalue weighted by molar-refractivity contribution is 5.76. The van der Waals surface area contributed by atoms with Gasteiger partial charge in [-0.2, -0.15) is 0 Å². The molecule has 2 N–H and O–H groups in total. The zero-order chi connectivity index (χ0) is 24.6. The number of hydrogen-bond donors (Lipinski definition) is 2. The minimum Gasteiger partial charge on any atom is -0.497 e. The molecule has 190 valence electrons. The molecular weight excluding hydrogens is 446 g/mol. The summed E-state index contributed by atoms with van der Waals surface area (Å²) < 4.78 is 23.5. The Labute approximate surface area is 207 Å². The molecule has 1 amide bonds. The molecule has 3 fully saturated rings. The first-order valence-corrected chi connectivity index (χ1v) is 12.7. The lowest BCUT2D eigenvalue weighted by molar-refractivity contribution is -0.312. The van der Waals surface area contributed by atoms with E-state index in [1.165, 1.54) is 0 Å². The number of rotatable bonds is 6. The summed E-state index contributed by atoms with van der Waals surface area (Å²) in [6, 6.07) is 11.5. The van der Waals surface area contributed by atoms with E-state index in [-0.39, 0.29) is 35.0 Å². The zero-order valence-corrected chi connectivity index (χ0v) is 20.9. The van der Waals surface area contributed by atoms with E-state index in [1.54, 1.807) is 13.4 Å². The Kier molecular flexibility index (Phi) is 6.68. The van der Waals surface area contributed by atoms with Gasteiger partial charge < -0.3 is 29.1 Å². The summed E-state index contributed by atoms with van der Waals surface area (Å²) in [6.07, 6.45) is 4.53. The van der Waals surface area contributed by atoms with E-state index in [4.69, 9.17) is 18.6 Å². The minimum absolute atomic E-state index is 0.0460. The second-order valence-electron chi connectivity index (χ2n) is 11.0. The van der Waals surface area contributed by atoms with Gasteiger partial charge in [-0.1, -0.05) is 26.0 Å². The fourth-order valence-corrected chi connectivity index (χ4v) is 7.04. The second kappa shape index (κ2) is 9.60. The molecule has 0 bridgehead atoms. The third-order valence-corrected chi connectivity index (χ3v) is 9.00. The van der Waals surface area contributed by atoms with Gasteiger partial charge in [0.15, 0.2) is 6.29 Å². The third kappa shape index (κ3) is 4.50. The average molecular weight is 484 g/mol. The lowest BCUT2D eigenvalue weighted by Crippen LogP contribution is -2.62. The van der Waals surface area contributed by atoms with Gasteiger partial charge in [0.2, 0.25) is 5.91 Å². The van der Waals surface area contributed by atoms with Crippen molar-refractivity contribution in [3.05, 3.63) is 54.0 Å². The van der Waals surface area contributed by atoms with Gasteiger partial charge in [0, 0.05) is 17.4 Å². The van der Waals surface area contributed by atoms with Crippen molar-refractivity contribution in [2.24, 2.45) is 22.7 Å². The van der Waals surface area contributed by atoms with E-state index >= 15 is 0 Å². The van der Waals surface area contributed by atoms with Gasteiger partial charge in [0.1, 0.15) is 11.5 Å². The molecule has 5 rings (SSSR count). The fourth-order valence-electron chi connectivity index (χ4n) is 7.04. The average Bonchev–Trinajstić information content (AvgIpc) is 3.38. The van der Waals surface area contributed by atoms with Crippen LogP contribution in [0.1, 0.15) is 63.6 Å². The Morgan fingerprint density at radius 1 is 1.14 bits per heavy atom. The monoisotopic (exact) mass is 483 g/mol. The highest BCUT2D eigenvalue weighted by atomic mass is 16.7. The van der Waals surface area contributed by atoms with E-state index in [1.807, 2.05) is 36.4 Å². The van der Waals surface area contributed by atoms with Crippen molar-refractivity contribution >= 4 is 5.91 Å². The number of methoxy groups -OCH3 is 1. The maximum atomic E-state index is 12.9. The molecule has 0 radical (unpaired) electrons. The van der Waals surface area contributed by atoms with Crippen LogP contribution in [-0.4, -0.2) is 36.9 Å². The number of aliphatic hydroxyl groups is 1. The SMILES string of the molecule is COc1ccc(C2OCC3(C)C(CCC4(C)C(CC(=O)NCc5ccco5)C(O)CCC34)O2)cc1. The summed E-state index contributed by atoms with van der Waals surface area (Å²) in [5, 5.41) is 14.0. The van der Waals surface area contributed by atoms with Gasteiger partial charge in [0.05, 0.1) is 38.7 Å². The number of nitrogens with one attached hydrogen (secondary N) is 1. The first kappa shape index (κ1) is 24.3. The molecule has 7 atom stereocenters. The molecule has 1 aliphatic heterocycles. The van der Waals surface area contributed by atoms with Gasteiger partial charge >= 0.3 is 0 Å². The van der Waals surface area contributed by atoms with Crippen molar-refractivity contribution in [2.45, 2.75) is 71.0 Å². The molecule has 7 unspecified atom stereocenters. The van der Waals surface area contributed by atoms with Crippen molar-refractivity contribution in [3.63, 3.8) is 0 Å². The van der Waals surface area contributed by atoms with E-state index < -0.39 is 6.10 Å². The van der Waals surface area contributed by atoms with Crippen LogP contribution in [-0.2, 0) is 20.8 Å². The van der Waals surface area contributed by atoms with Gasteiger partial charge in [-0.25, -0.2) is 0 Å². The molecule has 35 heavy (non-hydrogen) atoms. The number of aliphatic hydroxyl groups excluding tert-OH is 1. The standard InChI is InChI=1S/C28H37NO6/c1-27-13-12-24-28(2,17-34-26(35-24)18-6-8-19(32-3)9-7-18)23(27)11-10-22(30)21(27)15-25(31)29-16-20-5-4-14-33-20/h4-9,14,21-24,26,30H,10-13,15-17H2,1-3H3,(H,29,31). The highest BCUT2D eigenvalue weighted by Gasteiger charge is 2.61. The molecule has 2 heterocycles. The maximum absolute atomic E-state index is 12.9. The van der Waals surface area contributed by atoms with Crippen molar-refractivity contribution in [1.29, 1.82) is 0 Å². The normalized spacial score (nSPS) is 36.6. The number of hydrogen-bond acceptors (Lipinski definition) is 6. The summed E-state index contributed by atoms with van der Waals surface area (Å²) in [4.78, 5) is 12.9. The Morgan fingerprint density at radius 3 is 2.66 bits per heavy atom. The van der Waals surface area contributed by atoms with E-state index in [0.29, 0.717) is 31.9 Å². The first-order chi connectivity index (χ1) is 16.8. The van der Waals surface area contributed by atoms with Gasteiger partial charge in [-0.3, -0.25) is 4.79 Å². The molecule has 7 heteroatoms. The van der Waals surface area contributed by atoms with Crippen molar-refractivity contribution in [1.82, 2.24) is 5.32 Å². The molecule has 3 aliphatic rings. The molecule has 2 saturated carbocycles. The summed E-state index contributed by atoms with van der Waals surface area (Å²) in [5.41, 5.74) is 0.662. The molecule has 1 saturated heterocycles. The first-order valence-electron chi connectivity index (χ1n) is 12.7. The third-order valence-electron chi connectivity index (χ3n) is 9.00. The minimum atomic E-state index is -0.483. The molecule has 0 spiro atoms. The summed E-state index contributed by atoms with van der Waals surface area (Å²) in [7, 11) is 1.66. The van der Waals surface area contributed by atoms with Crippen LogP contribution in [0.5, 0.6) is 5.75 Å². The van der Waals surface area contributed by atoms with Crippen LogP contribution in [0.25, 0.3) is 0 Å². The van der Waals surface area contributed by atoms with Crippen LogP contribution in [0, 0.1) is 22.7 Å². The molecule has 2 aromatic rings. The Bertz CT molecular complexity index is 1010. The fraction of sp³-hybridized carbons (Fsp3) is 0.607. The Balaban J connectivity index is 1.29. The maximum Gasteiger partial charge on any atom is 0.220 e. The van der Waals surface area contributed by atoms with Crippen LogP contribution in [0.2, 0.25) is 0 Å². The van der Waals surface area contributed by atoms with E-state index in [2.05, 4.69) is 19.2 Å². The number of carbonyl (C=O) groups is 1. The number of benzene rings is 1. The molecule has 1 aromatic heterocycles. The number of furan rings is 1. The number of fused-ring (bicyclic) bond motifs is 3. The van der Waals surface area contributed by atoms with Crippen molar-refractivity contribution < 1.29 is 28.5 Å². The van der Waals surface area contributed by atoms with Crippen LogP contribution < -0.4 is 10.1 Å².